The maximum absolute atomic E-state index is 13.0. The van der Waals surface area contributed by atoms with Crippen molar-refractivity contribution in [2.45, 2.75) is 19.3 Å². The standard InChI is InChI=1S/C26H29N3O4/c1-31-24-8-6-19-3-2-4-21(25(19)28-24)27-26(30)20-10-13-29(14-11-20)12-9-18-5-7-22-23(17-18)33-16-15-32-22/h2-8,17,20H,9-16H2,1H3,(H,27,30). The highest BCUT2D eigenvalue weighted by molar-refractivity contribution is 6.01. The summed E-state index contributed by atoms with van der Waals surface area (Å²) in [5, 5.41) is 4.08. The molecule has 0 atom stereocenters. The van der Waals surface area contributed by atoms with Crippen LogP contribution in [-0.2, 0) is 11.2 Å². The SMILES string of the molecule is COc1ccc2cccc(NC(=O)C3CCN(CCc4ccc5c(c4)OCCO5)CC3)c2n1. The van der Waals surface area contributed by atoms with Crippen LogP contribution < -0.4 is 19.5 Å². The van der Waals surface area contributed by atoms with Crippen LogP contribution in [0.2, 0.25) is 0 Å². The first-order chi connectivity index (χ1) is 16.2. The van der Waals surface area contributed by atoms with Crippen molar-refractivity contribution < 1.29 is 19.0 Å². The molecule has 0 aliphatic carbocycles. The molecular formula is C26H29N3O4. The lowest BCUT2D eigenvalue weighted by atomic mass is 9.95. The Morgan fingerprint density at radius 2 is 1.91 bits per heavy atom. The Morgan fingerprint density at radius 1 is 1.09 bits per heavy atom. The summed E-state index contributed by atoms with van der Waals surface area (Å²) in [4.78, 5) is 19.9. The number of amides is 1. The molecule has 2 aliphatic rings. The van der Waals surface area contributed by atoms with Gasteiger partial charge in [-0.2, -0.15) is 0 Å². The third-order valence-corrected chi connectivity index (χ3v) is 6.44. The lowest BCUT2D eigenvalue weighted by molar-refractivity contribution is -0.121. The molecule has 0 unspecified atom stereocenters. The topological polar surface area (TPSA) is 72.9 Å². The van der Waals surface area contributed by atoms with Crippen LogP contribution in [-0.4, -0.2) is 55.7 Å². The maximum atomic E-state index is 13.0. The average molecular weight is 448 g/mol. The van der Waals surface area contributed by atoms with Gasteiger partial charge in [-0.1, -0.05) is 18.2 Å². The summed E-state index contributed by atoms with van der Waals surface area (Å²) in [5.41, 5.74) is 2.73. The molecule has 7 nitrogen and oxygen atoms in total. The zero-order valence-electron chi connectivity index (χ0n) is 18.9. The number of carbonyl (C=O) groups is 1. The molecule has 33 heavy (non-hydrogen) atoms. The summed E-state index contributed by atoms with van der Waals surface area (Å²) in [6.07, 6.45) is 2.67. The minimum Gasteiger partial charge on any atom is -0.486 e. The molecule has 172 valence electrons. The second-order valence-corrected chi connectivity index (χ2v) is 8.56. The van der Waals surface area contributed by atoms with Crippen molar-refractivity contribution in [2.24, 2.45) is 5.92 Å². The molecule has 2 aromatic carbocycles. The minimum atomic E-state index is 0.0106. The molecule has 0 bridgehead atoms. The number of nitrogens with zero attached hydrogens (tertiary/aromatic N) is 2. The van der Waals surface area contributed by atoms with Crippen molar-refractivity contribution in [3.8, 4) is 17.4 Å². The van der Waals surface area contributed by atoms with E-state index in [4.69, 9.17) is 14.2 Å². The Bertz CT molecular complexity index is 1140. The largest absolute Gasteiger partial charge is 0.486 e. The molecule has 3 heterocycles. The van der Waals surface area contributed by atoms with Crippen LogP contribution in [0.5, 0.6) is 17.4 Å². The number of fused-ring (bicyclic) bond motifs is 2. The van der Waals surface area contributed by atoms with Gasteiger partial charge < -0.3 is 24.4 Å². The third-order valence-electron chi connectivity index (χ3n) is 6.44. The zero-order valence-corrected chi connectivity index (χ0v) is 18.9. The van der Waals surface area contributed by atoms with Crippen LogP contribution in [0, 0.1) is 5.92 Å². The highest BCUT2D eigenvalue weighted by Gasteiger charge is 2.25. The fourth-order valence-corrected chi connectivity index (χ4v) is 4.53. The van der Waals surface area contributed by atoms with E-state index in [0.717, 1.165) is 67.0 Å². The number of likely N-dealkylation sites (tertiary alicyclic amines) is 1. The number of para-hydroxylation sites is 1. The Kier molecular flexibility index (Phi) is 6.30. The number of aromatic nitrogens is 1. The molecule has 0 saturated carbocycles. The summed E-state index contributed by atoms with van der Waals surface area (Å²) in [7, 11) is 1.59. The lowest BCUT2D eigenvalue weighted by Gasteiger charge is -2.31. The Morgan fingerprint density at radius 3 is 2.73 bits per heavy atom. The molecule has 1 amide bonds. The van der Waals surface area contributed by atoms with Crippen molar-refractivity contribution in [1.29, 1.82) is 0 Å². The van der Waals surface area contributed by atoms with Gasteiger partial charge in [-0.3, -0.25) is 4.79 Å². The maximum Gasteiger partial charge on any atom is 0.227 e. The predicted molar refractivity (Wildman–Crippen MR) is 127 cm³/mol. The van der Waals surface area contributed by atoms with Gasteiger partial charge in [0.15, 0.2) is 11.5 Å². The Labute approximate surface area is 193 Å². The summed E-state index contributed by atoms with van der Waals surface area (Å²) < 4.78 is 16.5. The average Bonchev–Trinajstić information content (AvgIpc) is 2.87. The van der Waals surface area contributed by atoms with Crippen LogP contribution in [0.25, 0.3) is 10.9 Å². The smallest absolute Gasteiger partial charge is 0.227 e. The van der Waals surface area contributed by atoms with Gasteiger partial charge in [-0.15, -0.1) is 0 Å². The first kappa shape index (κ1) is 21.5. The van der Waals surface area contributed by atoms with E-state index < -0.39 is 0 Å². The van der Waals surface area contributed by atoms with Crippen LogP contribution in [0.4, 0.5) is 5.69 Å². The number of benzene rings is 2. The van der Waals surface area contributed by atoms with E-state index in [2.05, 4.69) is 27.3 Å². The second-order valence-electron chi connectivity index (χ2n) is 8.56. The summed E-state index contributed by atoms with van der Waals surface area (Å²) in [6, 6.07) is 15.8. The molecule has 1 saturated heterocycles. The summed E-state index contributed by atoms with van der Waals surface area (Å²) >= 11 is 0. The number of ether oxygens (including phenoxy) is 3. The molecular weight excluding hydrogens is 418 g/mol. The number of carbonyl (C=O) groups excluding carboxylic acids is 1. The van der Waals surface area contributed by atoms with Gasteiger partial charge >= 0.3 is 0 Å². The zero-order chi connectivity index (χ0) is 22.6. The minimum absolute atomic E-state index is 0.0106. The van der Waals surface area contributed by atoms with E-state index in [0.29, 0.717) is 19.1 Å². The molecule has 2 aliphatic heterocycles. The van der Waals surface area contributed by atoms with Gasteiger partial charge in [0, 0.05) is 23.9 Å². The number of rotatable bonds is 6. The molecule has 1 aromatic heterocycles. The third kappa shape index (κ3) is 4.88. The van der Waals surface area contributed by atoms with Crippen molar-refractivity contribution in [1.82, 2.24) is 9.88 Å². The number of pyridine rings is 1. The first-order valence-corrected chi connectivity index (χ1v) is 11.5. The van der Waals surface area contributed by atoms with Crippen LogP contribution in [0.3, 0.4) is 0 Å². The highest BCUT2D eigenvalue weighted by Crippen LogP contribution is 2.31. The van der Waals surface area contributed by atoms with Gasteiger partial charge in [0.25, 0.3) is 0 Å². The predicted octanol–water partition coefficient (Wildman–Crippen LogP) is 3.91. The highest BCUT2D eigenvalue weighted by atomic mass is 16.6. The van der Waals surface area contributed by atoms with Gasteiger partial charge in [-0.05, 0) is 62.2 Å². The van der Waals surface area contributed by atoms with E-state index in [1.54, 1.807) is 7.11 Å². The molecule has 7 heteroatoms. The van der Waals surface area contributed by atoms with Gasteiger partial charge in [0.2, 0.25) is 11.8 Å². The Balaban J connectivity index is 1.14. The van der Waals surface area contributed by atoms with Crippen molar-refractivity contribution in [2.75, 3.05) is 45.3 Å². The van der Waals surface area contributed by atoms with Crippen LogP contribution in [0.1, 0.15) is 18.4 Å². The molecule has 0 spiro atoms. The fraction of sp³-hybridized carbons (Fsp3) is 0.385. The van der Waals surface area contributed by atoms with Crippen molar-refractivity contribution in [3.05, 3.63) is 54.1 Å². The van der Waals surface area contributed by atoms with E-state index in [1.807, 2.05) is 36.4 Å². The normalized spacial score (nSPS) is 16.5. The monoisotopic (exact) mass is 447 g/mol. The molecule has 5 rings (SSSR count). The van der Waals surface area contributed by atoms with Gasteiger partial charge in [-0.25, -0.2) is 4.98 Å². The Hall–Kier alpha value is -3.32. The van der Waals surface area contributed by atoms with Crippen LogP contribution >= 0.6 is 0 Å². The van der Waals surface area contributed by atoms with E-state index in [1.165, 1.54) is 5.56 Å². The number of hydrogen-bond donors (Lipinski definition) is 1. The van der Waals surface area contributed by atoms with E-state index in [-0.39, 0.29) is 11.8 Å². The number of anilines is 1. The molecule has 3 aromatic rings. The summed E-state index contributed by atoms with van der Waals surface area (Å²) in [6.45, 7) is 4.03. The first-order valence-electron chi connectivity index (χ1n) is 11.5. The summed E-state index contributed by atoms with van der Waals surface area (Å²) in [5.74, 6) is 2.29. The van der Waals surface area contributed by atoms with Crippen molar-refractivity contribution >= 4 is 22.5 Å². The lowest BCUT2D eigenvalue weighted by Crippen LogP contribution is -2.39. The second kappa shape index (κ2) is 9.67. The number of piperidine rings is 1. The number of hydrogen-bond acceptors (Lipinski definition) is 6. The van der Waals surface area contributed by atoms with Gasteiger partial charge in [0.1, 0.15) is 13.2 Å². The van der Waals surface area contributed by atoms with Gasteiger partial charge in [0.05, 0.1) is 18.3 Å². The quantitative estimate of drug-likeness (QED) is 0.618. The molecule has 0 radical (unpaired) electrons. The number of methoxy groups -OCH3 is 1. The van der Waals surface area contributed by atoms with Crippen molar-refractivity contribution in [3.63, 3.8) is 0 Å². The number of nitrogens with one attached hydrogen (secondary N) is 1. The molecule has 1 fully saturated rings. The fourth-order valence-electron chi connectivity index (χ4n) is 4.53. The molecule has 1 N–H and O–H groups in total. The van der Waals surface area contributed by atoms with Crippen LogP contribution in [0.15, 0.2) is 48.5 Å². The van der Waals surface area contributed by atoms with E-state index >= 15 is 0 Å². The van der Waals surface area contributed by atoms with E-state index in [9.17, 15) is 4.79 Å².